The summed E-state index contributed by atoms with van der Waals surface area (Å²) in [6.07, 6.45) is 2.87. The van der Waals surface area contributed by atoms with Crippen molar-refractivity contribution in [2.24, 2.45) is 0 Å². The third-order valence-corrected chi connectivity index (χ3v) is 14.1. The lowest BCUT2D eigenvalue weighted by atomic mass is 10.3. The Hall–Kier alpha value is 0.527. The molecule has 150 valence electrons. The van der Waals surface area contributed by atoms with E-state index in [1.54, 1.807) is 0 Å². The van der Waals surface area contributed by atoms with Crippen molar-refractivity contribution in [1.29, 1.82) is 0 Å². The summed E-state index contributed by atoms with van der Waals surface area (Å²) in [6, 6.07) is 2.13. The molecule has 0 amide bonds. The molecule has 0 saturated carbocycles. The molecule has 0 N–H and O–H groups in total. The summed E-state index contributed by atoms with van der Waals surface area (Å²) in [6.45, 7) is 28.8. The fourth-order valence-corrected chi connectivity index (χ4v) is 12.3. The van der Waals surface area contributed by atoms with Crippen molar-refractivity contribution < 1.29 is 4.74 Å². The maximum atomic E-state index is 6.74. The third kappa shape index (κ3) is 4.69. The summed E-state index contributed by atoms with van der Waals surface area (Å²) in [7, 11) is -2.03. The predicted octanol–water partition coefficient (Wildman–Crippen LogP) is 6.31. The Kier molecular flexibility index (Phi) is 8.19. The van der Waals surface area contributed by atoms with E-state index >= 15 is 0 Å². The maximum absolute atomic E-state index is 6.74. The minimum absolute atomic E-state index is 0.0986. The van der Waals surface area contributed by atoms with Gasteiger partial charge in [0, 0.05) is 24.2 Å². The highest BCUT2D eigenvalue weighted by Gasteiger charge is 2.71. The van der Waals surface area contributed by atoms with E-state index < -0.39 is 16.3 Å². The minimum atomic E-state index is -1.52. The van der Waals surface area contributed by atoms with E-state index in [-0.39, 0.29) is 4.97 Å². The molecule has 0 aromatic heterocycles. The van der Waals surface area contributed by atoms with Crippen LogP contribution in [-0.4, -0.2) is 52.7 Å². The second-order valence-electron chi connectivity index (χ2n) is 9.77. The van der Waals surface area contributed by atoms with Gasteiger partial charge in [0.1, 0.15) is 4.97 Å². The quantitative estimate of drug-likeness (QED) is 0.248. The van der Waals surface area contributed by atoms with Gasteiger partial charge in [-0.05, 0) is 61.8 Å². The van der Waals surface area contributed by atoms with Crippen molar-refractivity contribution in [2.45, 2.75) is 130 Å². The number of hydrogen-bond acceptors (Lipinski definition) is 3. The summed E-state index contributed by atoms with van der Waals surface area (Å²) in [4.78, 5) is 0.0986. The molecule has 3 nitrogen and oxygen atoms in total. The zero-order chi connectivity index (χ0) is 19.7. The average Bonchev–Trinajstić information content (AvgIpc) is 3.11. The number of epoxide rings is 1. The van der Waals surface area contributed by atoms with Crippen molar-refractivity contribution in [1.82, 2.24) is 9.34 Å². The van der Waals surface area contributed by atoms with Crippen LogP contribution in [0.1, 0.15) is 75.2 Å². The van der Waals surface area contributed by atoms with Crippen molar-refractivity contribution >= 4 is 16.3 Å². The molecule has 0 bridgehead atoms. The van der Waals surface area contributed by atoms with Crippen LogP contribution in [0.3, 0.4) is 0 Å². The van der Waals surface area contributed by atoms with Crippen LogP contribution in [0.15, 0.2) is 0 Å². The monoisotopic (exact) mass is 388 g/mol. The first-order valence-corrected chi connectivity index (χ1v) is 15.1. The second kappa shape index (κ2) is 8.69. The number of hydrogen-bond donors (Lipinski definition) is 0. The normalized spacial score (nSPS) is 24.8. The Labute approximate surface area is 160 Å². The topological polar surface area (TPSA) is 19.0 Å². The molecule has 2 atom stereocenters. The van der Waals surface area contributed by atoms with Crippen LogP contribution in [0.2, 0.25) is 19.6 Å². The Morgan fingerprint density at radius 2 is 1.20 bits per heavy atom. The molecule has 1 aliphatic heterocycles. The number of ether oxygens (including phenoxy) is 1. The molecule has 1 aliphatic rings. The largest absolute Gasteiger partial charge is 0.362 e. The van der Waals surface area contributed by atoms with Gasteiger partial charge < -0.3 is 4.74 Å². The van der Waals surface area contributed by atoms with Crippen molar-refractivity contribution in [3.05, 3.63) is 0 Å². The van der Waals surface area contributed by atoms with Gasteiger partial charge in [-0.1, -0.05) is 33.0 Å². The number of nitrogens with zero attached hydrogens (tertiary/aromatic N) is 2. The van der Waals surface area contributed by atoms with Gasteiger partial charge in [0.05, 0.1) is 22.4 Å². The molecule has 1 heterocycles. The van der Waals surface area contributed by atoms with Crippen molar-refractivity contribution in [2.75, 3.05) is 0 Å². The lowest BCUT2D eigenvalue weighted by Gasteiger charge is -2.52. The first-order valence-electron chi connectivity index (χ1n) is 10.4. The molecule has 5 heteroatoms. The summed E-state index contributed by atoms with van der Waals surface area (Å²) >= 11 is 0. The Bertz CT molecular complexity index is 386. The van der Waals surface area contributed by atoms with E-state index in [2.05, 4.69) is 91.3 Å². The van der Waals surface area contributed by atoms with Gasteiger partial charge in [-0.25, -0.2) is 0 Å². The SMILES string of the molecule is CCC[C@@H]1O[C@]1(P(N(C(C)C)C(C)C)N(C(C)C)C(C)C)[Si](C)(C)C. The molecule has 0 aromatic rings. The predicted molar refractivity (Wildman–Crippen MR) is 117 cm³/mol. The van der Waals surface area contributed by atoms with Crippen LogP contribution in [0, 0.1) is 0 Å². The minimum Gasteiger partial charge on any atom is -0.362 e. The van der Waals surface area contributed by atoms with E-state index in [0.29, 0.717) is 30.3 Å². The highest BCUT2D eigenvalue weighted by molar-refractivity contribution is 7.58. The van der Waals surface area contributed by atoms with Crippen molar-refractivity contribution in [3.63, 3.8) is 0 Å². The van der Waals surface area contributed by atoms with Gasteiger partial charge in [0.15, 0.2) is 0 Å². The summed E-state index contributed by atoms with van der Waals surface area (Å²) < 4.78 is 12.3. The highest BCUT2D eigenvalue weighted by Crippen LogP contribution is 2.72. The molecular weight excluding hydrogens is 343 g/mol. The van der Waals surface area contributed by atoms with Crippen LogP contribution in [-0.2, 0) is 4.74 Å². The zero-order valence-electron chi connectivity index (χ0n) is 19.1. The van der Waals surface area contributed by atoms with E-state index in [1.807, 2.05) is 0 Å². The van der Waals surface area contributed by atoms with Crippen LogP contribution < -0.4 is 0 Å². The van der Waals surface area contributed by atoms with Gasteiger partial charge in [-0.3, -0.25) is 9.34 Å². The highest BCUT2D eigenvalue weighted by atomic mass is 31.1. The maximum Gasteiger partial charge on any atom is 0.129 e. The number of rotatable bonds is 10. The zero-order valence-corrected chi connectivity index (χ0v) is 20.9. The standard InChI is InChI=1S/C20H45N2OPSi/c1-13-14-19-20(23-19,25(10,11)12)24(21(15(2)3)16(4)5)22(17(6)7)18(8)9/h15-19H,13-14H2,1-12H3/t19-,20+/m0/s1. The fraction of sp³-hybridized carbons (Fsp3) is 1.00. The second-order valence-corrected chi connectivity index (χ2v) is 17.6. The van der Waals surface area contributed by atoms with Crippen LogP contribution in [0.25, 0.3) is 0 Å². The molecule has 1 fully saturated rings. The lowest BCUT2D eigenvalue weighted by Crippen LogP contribution is -2.54. The molecule has 0 aromatic carbocycles. The molecule has 0 aliphatic carbocycles. The summed E-state index contributed by atoms with van der Waals surface area (Å²) in [5.74, 6) is 0. The first kappa shape index (κ1) is 23.6. The van der Waals surface area contributed by atoms with E-state index in [4.69, 9.17) is 4.74 Å². The van der Waals surface area contributed by atoms with Gasteiger partial charge in [-0.15, -0.1) is 0 Å². The Balaban J connectivity index is 3.53. The molecule has 25 heavy (non-hydrogen) atoms. The first-order chi connectivity index (χ1) is 11.3. The molecular formula is C20H45N2OPSi. The smallest absolute Gasteiger partial charge is 0.129 e. The average molecular weight is 389 g/mol. The van der Waals surface area contributed by atoms with Gasteiger partial charge >= 0.3 is 0 Å². The molecule has 1 saturated heterocycles. The van der Waals surface area contributed by atoms with E-state index in [9.17, 15) is 0 Å². The molecule has 0 unspecified atom stereocenters. The summed E-state index contributed by atoms with van der Waals surface area (Å²) in [5.41, 5.74) is 0. The van der Waals surface area contributed by atoms with Gasteiger partial charge in [0.2, 0.25) is 0 Å². The van der Waals surface area contributed by atoms with Gasteiger partial charge in [-0.2, -0.15) is 0 Å². The lowest BCUT2D eigenvalue weighted by molar-refractivity contribution is 0.243. The van der Waals surface area contributed by atoms with E-state index in [0.717, 1.165) is 0 Å². The Morgan fingerprint density at radius 3 is 1.44 bits per heavy atom. The van der Waals surface area contributed by atoms with Crippen LogP contribution >= 0.6 is 8.22 Å². The van der Waals surface area contributed by atoms with Crippen molar-refractivity contribution in [3.8, 4) is 0 Å². The Morgan fingerprint density at radius 1 is 0.840 bits per heavy atom. The van der Waals surface area contributed by atoms with Crippen LogP contribution in [0.5, 0.6) is 0 Å². The fourth-order valence-electron chi connectivity index (χ4n) is 4.37. The molecule has 1 rings (SSSR count). The summed E-state index contributed by atoms with van der Waals surface area (Å²) in [5, 5.41) is 0. The molecule has 0 spiro atoms. The van der Waals surface area contributed by atoms with E-state index in [1.165, 1.54) is 12.8 Å². The third-order valence-electron chi connectivity index (χ3n) is 5.18. The molecule has 0 radical (unpaired) electrons. The van der Waals surface area contributed by atoms with Crippen LogP contribution in [0.4, 0.5) is 0 Å². The van der Waals surface area contributed by atoms with Gasteiger partial charge in [0.25, 0.3) is 0 Å².